The minimum absolute atomic E-state index is 0.299. The van der Waals surface area contributed by atoms with Gasteiger partial charge >= 0.3 is 5.97 Å². The van der Waals surface area contributed by atoms with Crippen molar-refractivity contribution in [3.05, 3.63) is 47.2 Å². The van der Waals surface area contributed by atoms with Crippen molar-refractivity contribution in [3.63, 3.8) is 0 Å². The van der Waals surface area contributed by atoms with E-state index >= 15 is 0 Å². The van der Waals surface area contributed by atoms with Gasteiger partial charge in [0, 0.05) is 6.07 Å². The number of hydrogen-bond donors (Lipinski definition) is 1. The Hall–Kier alpha value is -2.63. The zero-order chi connectivity index (χ0) is 16.1. The van der Waals surface area contributed by atoms with Crippen molar-refractivity contribution in [2.24, 2.45) is 0 Å². The number of amides is 1. The highest BCUT2D eigenvalue weighted by atomic mass is 16.5. The first-order valence-electron chi connectivity index (χ1n) is 7.01. The van der Waals surface area contributed by atoms with E-state index in [0.29, 0.717) is 23.6 Å². The highest BCUT2D eigenvalue weighted by Crippen LogP contribution is 2.12. The van der Waals surface area contributed by atoms with E-state index in [9.17, 15) is 9.59 Å². The molecule has 0 aliphatic rings. The summed E-state index contributed by atoms with van der Waals surface area (Å²) >= 11 is 0. The Morgan fingerprint density at radius 1 is 1.32 bits per heavy atom. The lowest BCUT2D eigenvalue weighted by Gasteiger charge is -2.15. The standard InChI is InChI=1S/C16H18N2O4/c1-4-13(15(19)17-14-9-11(3)22-18-14)21-16(20)12-7-5-6-10(2)8-12/h5-9,13H,4H2,1-3H3,(H,17,18,19)/t13-/m0/s1. The SMILES string of the molecule is CC[C@H](OC(=O)c1cccc(C)c1)C(=O)Nc1cc(C)on1. The third kappa shape index (κ3) is 3.94. The number of ether oxygens (including phenoxy) is 1. The van der Waals surface area contributed by atoms with Gasteiger partial charge in [-0.1, -0.05) is 29.8 Å². The molecule has 0 saturated carbocycles. The molecule has 0 saturated heterocycles. The third-order valence-electron chi connectivity index (χ3n) is 3.05. The molecule has 0 aliphatic heterocycles. The average molecular weight is 302 g/mol. The molecule has 0 unspecified atom stereocenters. The zero-order valence-corrected chi connectivity index (χ0v) is 12.8. The third-order valence-corrected chi connectivity index (χ3v) is 3.05. The van der Waals surface area contributed by atoms with Gasteiger partial charge in [0.1, 0.15) is 5.76 Å². The summed E-state index contributed by atoms with van der Waals surface area (Å²) in [4.78, 5) is 24.2. The van der Waals surface area contributed by atoms with Crippen LogP contribution in [0, 0.1) is 13.8 Å². The molecule has 6 nitrogen and oxygen atoms in total. The van der Waals surface area contributed by atoms with Gasteiger partial charge in [-0.25, -0.2) is 4.79 Å². The van der Waals surface area contributed by atoms with Gasteiger partial charge < -0.3 is 14.6 Å². The number of hydrogen-bond acceptors (Lipinski definition) is 5. The topological polar surface area (TPSA) is 81.4 Å². The van der Waals surface area contributed by atoms with Crippen LogP contribution in [-0.4, -0.2) is 23.1 Å². The predicted molar refractivity (Wildman–Crippen MR) is 80.5 cm³/mol. The minimum atomic E-state index is -0.884. The lowest BCUT2D eigenvalue weighted by molar-refractivity contribution is -0.124. The summed E-state index contributed by atoms with van der Waals surface area (Å²) in [5.41, 5.74) is 1.37. The summed E-state index contributed by atoms with van der Waals surface area (Å²) in [6.45, 7) is 5.37. The number of benzene rings is 1. The highest BCUT2D eigenvalue weighted by Gasteiger charge is 2.23. The van der Waals surface area contributed by atoms with Crippen LogP contribution in [-0.2, 0) is 9.53 Å². The van der Waals surface area contributed by atoms with Crippen LogP contribution >= 0.6 is 0 Å². The number of nitrogens with zero attached hydrogens (tertiary/aromatic N) is 1. The molecule has 0 radical (unpaired) electrons. The molecule has 22 heavy (non-hydrogen) atoms. The van der Waals surface area contributed by atoms with Crippen molar-refractivity contribution in [1.29, 1.82) is 0 Å². The van der Waals surface area contributed by atoms with Gasteiger partial charge in [0.25, 0.3) is 5.91 Å². The van der Waals surface area contributed by atoms with E-state index in [1.807, 2.05) is 13.0 Å². The number of esters is 1. The van der Waals surface area contributed by atoms with Gasteiger partial charge in [-0.05, 0) is 32.4 Å². The van der Waals surface area contributed by atoms with Crippen molar-refractivity contribution in [2.45, 2.75) is 33.3 Å². The molecule has 1 atom stereocenters. The molecule has 0 spiro atoms. The summed E-state index contributed by atoms with van der Waals surface area (Å²) in [6.07, 6.45) is -0.523. The van der Waals surface area contributed by atoms with E-state index in [0.717, 1.165) is 5.56 Å². The van der Waals surface area contributed by atoms with Crippen molar-refractivity contribution in [3.8, 4) is 0 Å². The Bertz CT molecular complexity index is 678. The second-order valence-electron chi connectivity index (χ2n) is 4.98. The maximum absolute atomic E-state index is 12.1. The molecule has 1 amide bonds. The van der Waals surface area contributed by atoms with E-state index in [4.69, 9.17) is 9.26 Å². The van der Waals surface area contributed by atoms with Gasteiger partial charge in [0.2, 0.25) is 0 Å². The highest BCUT2D eigenvalue weighted by molar-refractivity contribution is 5.97. The molecule has 6 heteroatoms. The Balaban J connectivity index is 2.02. The number of nitrogens with one attached hydrogen (secondary N) is 1. The summed E-state index contributed by atoms with van der Waals surface area (Å²) in [5.74, 6) is -0.0773. The zero-order valence-electron chi connectivity index (χ0n) is 12.8. The molecule has 1 heterocycles. The fourth-order valence-corrected chi connectivity index (χ4v) is 1.92. The minimum Gasteiger partial charge on any atom is -0.449 e. The first-order valence-corrected chi connectivity index (χ1v) is 7.01. The van der Waals surface area contributed by atoms with Gasteiger partial charge in [-0.3, -0.25) is 4.79 Å². The van der Waals surface area contributed by atoms with Crippen molar-refractivity contribution in [2.75, 3.05) is 5.32 Å². The van der Waals surface area contributed by atoms with Crippen LogP contribution in [0.25, 0.3) is 0 Å². The van der Waals surface area contributed by atoms with E-state index in [1.54, 1.807) is 38.1 Å². The first kappa shape index (κ1) is 15.8. The van der Waals surface area contributed by atoms with E-state index in [2.05, 4.69) is 10.5 Å². The quantitative estimate of drug-likeness (QED) is 0.859. The summed E-state index contributed by atoms with van der Waals surface area (Å²) < 4.78 is 10.1. The lowest BCUT2D eigenvalue weighted by atomic mass is 10.1. The number of aromatic nitrogens is 1. The van der Waals surface area contributed by atoms with Crippen LogP contribution in [0.2, 0.25) is 0 Å². The van der Waals surface area contributed by atoms with Crippen molar-refractivity contribution in [1.82, 2.24) is 5.16 Å². The average Bonchev–Trinajstić information content (AvgIpc) is 2.89. The molecule has 2 aromatic rings. The normalized spacial score (nSPS) is 11.8. The largest absolute Gasteiger partial charge is 0.449 e. The molecule has 1 aromatic heterocycles. The van der Waals surface area contributed by atoms with Crippen LogP contribution in [0.3, 0.4) is 0 Å². The molecule has 0 fully saturated rings. The molecule has 116 valence electrons. The van der Waals surface area contributed by atoms with Crippen molar-refractivity contribution >= 4 is 17.7 Å². The second kappa shape index (κ2) is 6.89. The number of carbonyl (C=O) groups is 2. The fraction of sp³-hybridized carbons (Fsp3) is 0.312. The van der Waals surface area contributed by atoms with Gasteiger partial charge in [0.05, 0.1) is 5.56 Å². The van der Waals surface area contributed by atoms with Crippen LogP contribution in [0.5, 0.6) is 0 Å². The molecule has 0 bridgehead atoms. The molecular formula is C16H18N2O4. The fourth-order valence-electron chi connectivity index (χ4n) is 1.92. The van der Waals surface area contributed by atoms with Crippen LogP contribution in [0.15, 0.2) is 34.9 Å². The number of carbonyl (C=O) groups excluding carboxylic acids is 2. The first-order chi connectivity index (χ1) is 10.5. The Kier molecular flexibility index (Phi) is 4.93. The number of rotatable bonds is 5. The maximum Gasteiger partial charge on any atom is 0.338 e. The number of anilines is 1. The molecule has 2 rings (SSSR count). The smallest absolute Gasteiger partial charge is 0.338 e. The van der Waals surface area contributed by atoms with E-state index in [1.165, 1.54) is 0 Å². The Labute approximate surface area is 128 Å². The molecule has 1 aromatic carbocycles. The van der Waals surface area contributed by atoms with Crippen LogP contribution < -0.4 is 5.32 Å². The predicted octanol–water partition coefficient (Wildman–Crippen LogP) is 2.87. The van der Waals surface area contributed by atoms with E-state index in [-0.39, 0.29) is 0 Å². The van der Waals surface area contributed by atoms with Crippen LogP contribution in [0.4, 0.5) is 5.82 Å². The number of aryl methyl sites for hydroxylation is 2. The monoisotopic (exact) mass is 302 g/mol. The van der Waals surface area contributed by atoms with Crippen LogP contribution in [0.1, 0.15) is 35.0 Å². The van der Waals surface area contributed by atoms with Gasteiger partial charge in [-0.15, -0.1) is 0 Å². The molecule has 0 aliphatic carbocycles. The Morgan fingerprint density at radius 3 is 2.68 bits per heavy atom. The summed E-state index contributed by atoms with van der Waals surface area (Å²) in [5, 5.41) is 6.23. The Morgan fingerprint density at radius 2 is 2.09 bits per heavy atom. The van der Waals surface area contributed by atoms with E-state index < -0.39 is 18.0 Å². The van der Waals surface area contributed by atoms with Crippen molar-refractivity contribution < 1.29 is 18.8 Å². The van der Waals surface area contributed by atoms with Gasteiger partial charge in [-0.2, -0.15) is 0 Å². The second-order valence-corrected chi connectivity index (χ2v) is 4.98. The summed E-state index contributed by atoms with van der Waals surface area (Å²) in [6, 6.07) is 8.61. The molecular weight excluding hydrogens is 284 g/mol. The lowest BCUT2D eigenvalue weighted by Crippen LogP contribution is -2.32. The molecule has 1 N–H and O–H groups in total. The summed E-state index contributed by atoms with van der Waals surface area (Å²) in [7, 11) is 0. The van der Waals surface area contributed by atoms with Gasteiger partial charge in [0.15, 0.2) is 11.9 Å². The maximum atomic E-state index is 12.1.